The van der Waals surface area contributed by atoms with Gasteiger partial charge in [-0.1, -0.05) is 30.9 Å². The summed E-state index contributed by atoms with van der Waals surface area (Å²) in [4.78, 5) is 27.2. The molecule has 25 heavy (non-hydrogen) atoms. The largest absolute Gasteiger partial charge is 0.353 e. The summed E-state index contributed by atoms with van der Waals surface area (Å²) >= 11 is 8.18. The molecule has 1 saturated heterocycles. The van der Waals surface area contributed by atoms with E-state index in [-0.39, 0.29) is 17.7 Å². The third-order valence-corrected chi connectivity index (χ3v) is 6.74. The Balaban J connectivity index is 1.60. The summed E-state index contributed by atoms with van der Waals surface area (Å²) in [7, 11) is 0. The maximum Gasteiger partial charge on any atom is 0.253 e. The molecule has 1 N–H and O–H groups in total. The zero-order valence-electron chi connectivity index (χ0n) is 14.3. The highest BCUT2D eigenvalue weighted by Gasteiger charge is 2.30. The minimum absolute atomic E-state index is 0.00949. The van der Waals surface area contributed by atoms with Gasteiger partial charge >= 0.3 is 0 Å². The molecule has 1 saturated carbocycles. The molecule has 1 aromatic rings. The Morgan fingerprint density at radius 3 is 2.60 bits per heavy atom. The van der Waals surface area contributed by atoms with Crippen molar-refractivity contribution in [1.29, 1.82) is 0 Å². The maximum atomic E-state index is 12.8. The van der Waals surface area contributed by atoms with Crippen molar-refractivity contribution < 1.29 is 9.59 Å². The Morgan fingerprint density at radius 2 is 1.88 bits per heavy atom. The van der Waals surface area contributed by atoms with Gasteiger partial charge < -0.3 is 10.2 Å². The van der Waals surface area contributed by atoms with E-state index < -0.39 is 0 Å². The summed E-state index contributed by atoms with van der Waals surface area (Å²) in [6.45, 7) is 1.22. The number of likely N-dealkylation sites (tertiary alicyclic amines) is 1. The van der Waals surface area contributed by atoms with Crippen LogP contribution in [0.4, 0.5) is 0 Å². The molecule has 0 spiro atoms. The molecule has 0 aromatic heterocycles. The van der Waals surface area contributed by atoms with Crippen LogP contribution in [0.1, 0.15) is 55.3 Å². The van der Waals surface area contributed by atoms with Gasteiger partial charge in [-0.15, -0.1) is 0 Å². The van der Waals surface area contributed by atoms with E-state index in [1.165, 1.54) is 19.3 Å². The molecule has 0 radical (unpaired) electrons. The molecular formula is C19H24ClIN2O2. The van der Waals surface area contributed by atoms with Crippen LogP contribution in [0.3, 0.4) is 0 Å². The van der Waals surface area contributed by atoms with Gasteiger partial charge in [-0.25, -0.2) is 0 Å². The van der Waals surface area contributed by atoms with Gasteiger partial charge in [0.15, 0.2) is 0 Å². The quantitative estimate of drug-likeness (QED) is 0.666. The zero-order valence-corrected chi connectivity index (χ0v) is 17.2. The summed E-state index contributed by atoms with van der Waals surface area (Å²) in [5.74, 6) is 0.0193. The average Bonchev–Trinajstić information content (AvgIpc) is 2.64. The monoisotopic (exact) mass is 474 g/mol. The first-order chi connectivity index (χ1) is 12.0. The molecule has 2 fully saturated rings. The Labute approximate surface area is 167 Å². The van der Waals surface area contributed by atoms with Gasteiger partial charge in [0, 0.05) is 28.3 Å². The Bertz CT molecular complexity index is 646. The van der Waals surface area contributed by atoms with E-state index in [2.05, 4.69) is 27.9 Å². The number of hydrogen-bond donors (Lipinski definition) is 1. The number of amides is 2. The molecule has 1 aromatic carbocycles. The fourth-order valence-corrected chi connectivity index (χ4v) is 4.39. The van der Waals surface area contributed by atoms with Crippen molar-refractivity contribution in [2.45, 2.75) is 51.0 Å². The van der Waals surface area contributed by atoms with Crippen LogP contribution in [-0.4, -0.2) is 35.8 Å². The fraction of sp³-hybridized carbons (Fsp3) is 0.579. The Kier molecular flexibility index (Phi) is 6.61. The van der Waals surface area contributed by atoms with E-state index in [0.29, 0.717) is 29.7 Å². The first kappa shape index (κ1) is 19.0. The number of hydrogen-bond acceptors (Lipinski definition) is 2. The molecule has 136 valence electrons. The highest BCUT2D eigenvalue weighted by molar-refractivity contribution is 14.1. The number of halogens is 2. The van der Waals surface area contributed by atoms with Gasteiger partial charge in [0.25, 0.3) is 5.91 Å². The van der Waals surface area contributed by atoms with E-state index in [9.17, 15) is 9.59 Å². The van der Waals surface area contributed by atoms with Crippen molar-refractivity contribution in [3.05, 3.63) is 32.4 Å². The number of carbonyl (C=O) groups excluding carboxylic acids is 2. The molecule has 6 heteroatoms. The van der Waals surface area contributed by atoms with E-state index >= 15 is 0 Å². The zero-order chi connectivity index (χ0) is 17.8. The smallest absolute Gasteiger partial charge is 0.253 e. The summed E-state index contributed by atoms with van der Waals surface area (Å²) in [5, 5.41) is 3.86. The second kappa shape index (κ2) is 8.71. The van der Waals surface area contributed by atoms with Crippen LogP contribution >= 0.6 is 34.2 Å². The van der Waals surface area contributed by atoms with E-state index in [1.807, 2.05) is 11.0 Å². The van der Waals surface area contributed by atoms with Crippen LogP contribution in [0, 0.1) is 9.49 Å². The molecule has 4 nitrogen and oxygen atoms in total. The molecule has 1 unspecified atom stereocenters. The van der Waals surface area contributed by atoms with Crippen molar-refractivity contribution in [3.63, 3.8) is 0 Å². The number of benzene rings is 1. The molecule has 1 atom stereocenters. The standard InChI is InChI=1S/C19H24ClIN2O2/c20-16-9-8-13(11-17(16)21)19(25)23-10-4-5-14(12-23)18(24)22-15-6-2-1-3-7-15/h8-9,11,14-15H,1-7,10,12H2,(H,22,24). The summed E-state index contributed by atoms with van der Waals surface area (Å²) in [6.07, 6.45) is 7.59. The second-order valence-electron chi connectivity index (χ2n) is 7.06. The van der Waals surface area contributed by atoms with Crippen molar-refractivity contribution in [2.24, 2.45) is 5.92 Å². The SMILES string of the molecule is O=C(NC1CCCCC1)C1CCCN(C(=O)c2ccc(Cl)c(I)c2)C1. The number of nitrogens with one attached hydrogen (secondary N) is 1. The highest BCUT2D eigenvalue weighted by Crippen LogP contribution is 2.24. The van der Waals surface area contributed by atoms with E-state index in [0.717, 1.165) is 29.3 Å². The minimum Gasteiger partial charge on any atom is -0.353 e. The van der Waals surface area contributed by atoms with Gasteiger partial charge in [-0.3, -0.25) is 9.59 Å². The van der Waals surface area contributed by atoms with Gasteiger partial charge in [0.1, 0.15) is 0 Å². The first-order valence-electron chi connectivity index (χ1n) is 9.09. The van der Waals surface area contributed by atoms with Crippen LogP contribution in [0.15, 0.2) is 18.2 Å². The molecule has 1 aliphatic heterocycles. The number of nitrogens with zero attached hydrogens (tertiary/aromatic N) is 1. The predicted octanol–water partition coefficient (Wildman–Crippen LogP) is 4.25. The lowest BCUT2D eigenvalue weighted by molar-refractivity contribution is -0.127. The van der Waals surface area contributed by atoms with Gasteiger partial charge in [-0.2, -0.15) is 0 Å². The first-order valence-corrected chi connectivity index (χ1v) is 10.5. The van der Waals surface area contributed by atoms with Crippen molar-refractivity contribution >= 4 is 46.0 Å². The summed E-state index contributed by atoms with van der Waals surface area (Å²) in [6, 6.07) is 5.66. The molecule has 3 rings (SSSR count). The molecule has 1 heterocycles. The van der Waals surface area contributed by atoms with Crippen LogP contribution in [0.5, 0.6) is 0 Å². The van der Waals surface area contributed by atoms with Crippen molar-refractivity contribution in [1.82, 2.24) is 10.2 Å². The van der Waals surface area contributed by atoms with Crippen LogP contribution < -0.4 is 5.32 Å². The third-order valence-electron chi connectivity index (χ3n) is 5.20. The lowest BCUT2D eigenvalue weighted by Gasteiger charge is -2.33. The van der Waals surface area contributed by atoms with E-state index in [4.69, 9.17) is 11.6 Å². The summed E-state index contributed by atoms with van der Waals surface area (Å²) in [5.41, 5.74) is 0.641. The topological polar surface area (TPSA) is 49.4 Å². The Morgan fingerprint density at radius 1 is 1.12 bits per heavy atom. The van der Waals surface area contributed by atoms with Crippen LogP contribution in [0.2, 0.25) is 5.02 Å². The number of rotatable bonds is 3. The lowest BCUT2D eigenvalue weighted by Crippen LogP contribution is -2.47. The Hall–Kier alpha value is -0.820. The fourth-order valence-electron chi connectivity index (χ4n) is 3.75. The molecule has 2 aliphatic rings. The van der Waals surface area contributed by atoms with E-state index in [1.54, 1.807) is 12.1 Å². The molecule has 1 aliphatic carbocycles. The minimum atomic E-state index is -0.0917. The second-order valence-corrected chi connectivity index (χ2v) is 8.63. The van der Waals surface area contributed by atoms with Crippen molar-refractivity contribution in [3.8, 4) is 0 Å². The van der Waals surface area contributed by atoms with Crippen LogP contribution in [0.25, 0.3) is 0 Å². The highest BCUT2D eigenvalue weighted by atomic mass is 127. The molecule has 0 bridgehead atoms. The van der Waals surface area contributed by atoms with Crippen LogP contribution in [-0.2, 0) is 4.79 Å². The molecular weight excluding hydrogens is 451 g/mol. The maximum absolute atomic E-state index is 12.8. The number of piperidine rings is 1. The average molecular weight is 475 g/mol. The van der Waals surface area contributed by atoms with Gasteiger partial charge in [0.2, 0.25) is 5.91 Å². The lowest BCUT2D eigenvalue weighted by atomic mass is 9.93. The number of carbonyl (C=O) groups is 2. The van der Waals surface area contributed by atoms with Gasteiger partial charge in [0.05, 0.1) is 10.9 Å². The third kappa shape index (κ3) is 4.88. The normalized spacial score (nSPS) is 21.8. The summed E-state index contributed by atoms with van der Waals surface area (Å²) < 4.78 is 0.869. The molecule has 2 amide bonds. The predicted molar refractivity (Wildman–Crippen MR) is 108 cm³/mol. The van der Waals surface area contributed by atoms with Gasteiger partial charge in [-0.05, 0) is 66.5 Å². The van der Waals surface area contributed by atoms with Crippen molar-refractivity contribution in [2.75, 3.05) is 13.1 Å².